The normalized spacial score (nSPS) is 13.4. The number of rotatable bonds is 8. The largest absolute Gasteiger partial charge is 0.488 e. The molecule has 6 heteroatoms. The first-order valence-electron chi connectivity index (χ1n) is 11.1. The molecule has 0 atom stereocenters. The van der Waals surface area contributed by atoms with Crippen molar-refractivity contribution in [2.24, 2.45) is 0 Å². The minimum Gasteiger partial charge on any atom is -0.488 e. The smallest absolute Gasteiger partial charge is 0.342 e. The van der Waals surface area contributed by atoms with Gasteiger partial charge >= 0.3 is 5.97 Å². The van der Waals surface area contributed by atoms with Gasteiger partial charge in [-0.15, -0.1) is 0 Å². The molecule has 170 valence electrons. The van der Waals surface area contributed by atoms with Crippen molar-refractivity contribution in [2.75, 3.05) is 26.3 Å². The lowest BCUT2D eigenvalue weighted by Crippen LogP contribution is -2.40. The van der Waals surface area contributed by atoms with Crippen LogP contribution in [0.1, 0.15) is 27.0 Å². The van der Waals surface area contributed by atoms with Crippen molar-refractivity contribution in [1.29, 1.82) is 0 Å². The lowest BCUT2D eigenvalue weighted by Gasteiger charge is -2.29. The minimum absolute atomic E-state index is 0.203. The molecule has 0 N–H and O–H groups in total. The highest BCUT2D eigenvalue weighted by atomic mass is 32.1. The summed E-state index contributed by atoms with van der Waals surface area (Å²) in [6, 6.07) is 25.1. The van der Waals surface area contributed by atoms with E-state index in [0.717, 1.165) is 34.8 Å². The van der Waals surface area contributed by atoms with Crippen molar-refractivity contribution in [3.63, 3.8) is 0 Å². The Morgan fingerprint density at radius 3 is 2.15 bits per heavy atom. The number of hydrogen-bond donors (Lipinski definition) is 0. The molecule has 0 spiro atoms. The SMILES string of the molecule is O=C(OCc1ccccc1)c1cc(CC(=S)N2CCOCC2)ccc1OCc1ccccc1. The number of hydrogen-bond acceptors (Lipinski definition) is 5. The zero-order chi connectivity index (χ0) is 22.9. The summed E-state index contributed by atoms with van der Waals surface area (Å²) in [6.07, 6.45) is 0.577. The second-order valence-electron chi connectivity index (χ2n) is 7.84. The highest BCUT2D eigenvalue weighted by Crippen LogP contribution is 2.24. The quantitative estimate of drug-likeness (QED) is 0.354. The van der Waals surface area contributed by atoms with E-state index < -0.39 is 5.97 Å². The average molecular weight is 462 g/mol. The van der Waals surface area contributed by atoms with Crippen molar-refractivity contribution < 1.29 is 19.0 Å². The van der Waals surface area contributed by atoms with Crippen LogP contribution in [0.3, 0.4) is 0 Å². The first-order valence-corrected chi connectivity index (χ1v) is 11.5. The summed E-state index contributed by atoms with van der Waals surface area (Å²) in [5, 5.41) is 0. The van der Waals surface area contributed by atoms with E-state index in [1.165, 1.54) is 0 Å². The van der Waals surface area contributed by atoms with Crippen LogP contribution in [0, 0.1) is 0 Å². The van der Waals surface area contributed by atoms with E-state index in [4.69, 9.17) is 26.4 Å². The van der Waals surface area contributed by atoms with Gasteiger partial charge in [-0.1, -0.05) is 78.9 Å². The molecule has 1 aliphatic rings. The Morgan fingerprint density at radius 2 is 1.48 bits per heavy atom. The third kappa shape index (κ3) is 6.63. The van der Waals surface area contributed by atoms with Gasteiger partial charge < -0.3 is 19.1 Å². The van der Waals surface area contributed by atoms with E-state index in [1.54, 1.807) is 0 Å². The van der Waals surface area contributed by atoms with Gasteiger partial charge in [0, 0.05) is 19.5 Å². The maximum absolute atomic E-state index is 13.0. The second kappa shape index (κ2) is 11.6. The van der Waals surface area contributed by atoms with Gasteiger partial charge in [0.25, 0.3) is 0 Å². The predicted molar refractivity (Wildman–Crippen MR) is 131 cm³/mol. The minimum atomic E-state index is -0.416. The molecule has 5 nitrogen and oxygen atoms in total. The van der Waals surface area contributed by atoms with E-state index in [0.29, 0.717) is 37.6 Å². The lowest BCUT2D eigenvalue weighted by atomic mass is 10.1. The number of ether oxygens (including phenoxy) is 3. The van der Waals surface area contributed by atoms with E-state index in [2.05, 4.69) is 4.90 Å². The first kappa shape index (κ1) is 23.0. The van der Waals surface area contributed by atoms with Crippen molar-refractivity contribution in [2.45, 2.75) is 19.6 Å². The highest BCUT2D eigenvalue weighted by Gasteiger charge is 2.18. The molecule has 0 unspecified atom stereocenters. The van der Waals surface area contributed by atoms with Gasteiger partial charge in [-0.3, -0.25) is 0 Å². The molecule has 1 fully saturated rings. The van der Waals surface area contributed by atoms with Crippen molar-refractivity contribution in [3.8, 4) is 5.75 Å². The van der Waals surface area contributed by atoms with Crippen LogP contribution in [0.15, 0.2) is 78.9 Å². The second-order valence-corrected chi connectivity index (χ2v) is 8.31. The van der Waals surface area contributed by atoms with E-state index in [-0.39, 0.29) is 6.61 Å². The lowest BCUT2D eigenvalue weighted by molar-refractivity contribution is 0.0467. The standard InChI is InChI=1S/C27H27NO4S/c29-27(32-20-22-9-5-2-6-10-22)24-17-23(18-26(33)28-13-15-30-16-14-28)11-12-25(24)31-19-21-7-3-1-4-8-21/h1-12,17H,13-16,18-20H2. The van der Waals surface area contributed by atoms with Gasteiger partial charge in [0.1, 0.15) is 24.5 Å². The van der Waals surface area contributed by atoms with Crippen LogP contribution in [0.25, 0.3) is 0 Å². The number of nitrogens with zero attached hydrogens (tertiary/aromatic N) is 1. The summed E-state index contributed by atoms with van der Waals surface area (Å²) in [5.74, 6) is 0.0824. The molecule has 33 heavy (non-hydrogen) atoms. The zero-order valence-electron chi connectivity index (χ0n) is 18.4. The van der Waals surface area contributed by atoms with Crippen LogP contribution in [0.4, 0.5) is 0 Å². The molecule has 0 aliphatic carbocycles. The molecule has 0 bridgehead atoms. The predicted octanol–water partition coefficient (Wildman–Crippen LogP) is 4.82. The Bertz CT molecular complexity index is 1070. The molecule has 0 amide bonds. The molecule has 1 saturated heterocycles. The van der Waals surface area contributed by atoms with Crippen LogP contribution in [0.2, 0.25) is 0 Å². The van der Waals surface area contributed by atoms with Gasteiger partial charge in [0.15, 0.2) is 0 Å². The summed E-state index contributed by atoms with van der Waals surface area (Å²) < 4.78 is 17.0. The van der Waals surface area contributed by atoms with Gasteiger partial charge in [-0.25, -0.2) is 4.79 Å². The van der Waals surface area contributed by atoms with E-state index in [1.807, 2.05) is 78.9 Å². The van der Waals surface area contributed by atoms with E-state index in [9.17, 15) is 4.79 Å². The van der Waals surface area contributed by atoms with E-state index >= 15 is 0 Å². The monoisotopic (exact) mass is 461 g/mol. The number of carbonyl (C=O) groups excluding carboxylic acids is 1. The highest BCUT2D eigenvalue weighted by molar-refractivity contribution is 7.80. The van der Waals surface area contributed by atoms with Crippen LogP contribution in [0.5, 0.6) is 5.75 Å². The van der Waals surface area contributed by atoms with Gasteiger partial charge in [0.05, 0.1) is 18.2 Å². The number of carbonyl (C=O) groups is 1. The maximum atomic E-state index is 13.0. The maximum Gasteiger partial charge on any atom is 0.342 e. The third-order valence-electron chi connectivity index (χ3n) is 5.43. The number of esters is 1. The fraction of sp³-hybridized carbons (Fsp3) is 0.259. The molecular formula is C27H27NO4S. The van der Waals surface area contributed by atoms with Crippen LogP contribution in [-0.4, -0.2) is 42.2 Å². The fourth-order valence-corrected chi connectivity index (χ4v) is 3.96. The summed E-state index contributed by atoms with van der Waals surface area (Å²) in [5.41, 5.74) is 3.32. The van der Waals surface area contributed by atoms with Crippen molar-refractivity contribution in [1.82, 2.24) is 4.90 Å². The van der Waals surface area contributed by atoms with Gasteiger partial charge in [-0.05, 0) is 28.8 Å². The Morgan fingerprint density at radius 1 is 0.848 bits per heavy atom. The summed E-state index contributed by atoms with van der Waals surface area (Å²) >= 11 is 5.65. The van der Waals surface area contributed by atoms with Crippen molar-refractivity contribution in [3.05, 3.63) is 101 Å². The topological polar surface area (TPSA) is 48.0 Å². The van der Waals surface area contributed by atoms with Crippen LogP contribution in [-0.2, 0) is 29.1 Å². The third-order valence-corrected chi connectivity index (χ3v) is 5.84. The molecule has 0 saturated carbocycles. The van der Waals surface area contributed by atoms with Crippen molar-refractivity contribution >= 4 is 23.2 Å². The molecule has 3 aromatic rings. The molecule has 0 radical (unpaired) electrons. The Kier molecular flexibility index (Phi) is 8.06. The molecule has 1 heterocycles. The summed E-state index contributed by atoms with van der Waals surface area (Å²) in [6.45, 7) is 3.53. The Hall–Kier alpha value is -3.22. The molecule has 0 aromatic heterocycles. The number of morpholine rings is 1. The van der Waals surface area contributed by atoms with Gasteiger partial charge in [0.2, 0.25) is 0 Å². The number of benzene rings is 3. The average Bonchev–Trinajstić information content (AvgIpc) is 2.88. The molecule has 4 rings (SSSR count). The summed E-state index contributed by atoms with van der Waals surface area (Å²) in [4.78, 5) is 16.0. The first-order chi connectivity index (χ1) is 16.2. The van der Waals surface area contributed by atoms with Crippen LogP contribution < -0.4 is 4.74 Å². The fourth-order valence-electron chi connectivity index (χ4n) is 3.61. The molecule has 3 aromatic carbocycles. The molecular weight excluding hydrogens is 434 g/mol. The summed E-state index contributed by atoms with van der Waals surface area (Å²) in [7, 11) is 0. The Balaban J connectivity index is 1.50. The van der Waals surface area contributed by atoms with Crippen LogP contribution >= 0.6 is 12.2 Å². The van der Waals surface area contributed by atoms with Gasteiger partial charge in [-0.2, -0.15) is 0 Å². The Labute approximate surface area is 199 Å². The zero-order valence-corrected chi connectivity index (χ0v) is 19.3. The number of thiocarbonyl (C=S) groups is 1. The molecule has 1 aliphatic heterocycles.